The standard InChI is InChI=1S/C24H26O5/c1-15(2)8-10-17-19(26)13-20(28-4)22(23(17)27)18(25)11-9-16-14-24(3)12-6-5-7-21(24)29-16/h5-9,11-14,21,26-27H,10H2,1-4H3/b11-9+. The number of hydrogen-bond acceptors (Lipinski definition) is 5. The van der Waals surface area contributed by atoms with Crippen molar-refractivity contribution in [2.24, 2.45) is 5.41 Å². The molecule has 1 aliphatic heterocycles. The van der Waals surface area contributed by atoms with Gasteiger partial charge in [-0.15, -0.1) is 0 Å². The number of carbonyl (C=O) groups is 1. The van der Waals surface area contributed by atoms with Gasteiger partial charge in [0.15, 0.2) is 5.78 Å². The summed E-state index contributed by atoms with van der Waals surface area (Å²) in [6, 6.07) is 1.35. The number of ketones is 1. The lowest BCUT2D eigenvalue weighted by Crippen LogP contribution is -2.25. The van der Waals surface area contributed by atoms with E-state index in [1.165, 1.54) is 19.3 Å². The summed E-state index contributed by atoms with van der Waals surface area (Å²) in [5.74, 6) is -0.127. The van der Waals surface area contributed by atoms with Crippen molar-refractivity contribution in [2.75, 3.05) is 7.11 Å². The zero-order valence-electron chi connectivity index (χ0n) is 17.1. The van der Waals surface area contributed by atoms with Gasteiger partial charge in [0.25, 0.3) is 0 Å². The first-order chi connectivity index (χ1) is 13.7. The number of rotatable bonds is 6. The van der Waals surface area contributed by atoms with Gasteiger partial charge in [-0.3, -0.25) is 4.79 Å². The third-order valence-electron chi connectivity index (χ3n) is 5.11. The maximum Gasteiger partial charge on any atom is 0.193 e. The first-order valence-electron chi connectivity index (χ1n) is 9.48. The molecule has 29 heavy (non-hydrogen) atoms. The van der Waals surface area contributed by atoms with Crippen molar-refractivity contribution in [1.29, 1.82) is 0 Å². The molecule has 1 heterocycles. The highest BCUT2D eigenvalue weighted by atomic mass is 16.5. The number of hydrogen-bond donors (Lipinski definition) is 2. The van der Waals surface area contributed by atoms with E-state index in [4.69, 9.17) is 9.47 Å². The van der Waals surface area contributed by atoms with Crippen LogP contribution in [0.25, 0.3) is 0 Å². The molecule has 2 atom stereocenters. The van der Waals surface area contributed by atoms with Crippen LogP contribution in [-0.4, -0.2) is 29.2 Å². The van der Waals surface area contributed by atoms with E-state index in [-0.39, 0.29) is 39.9 Å². The smallest absolute Gasteiger partial charge is 0.193 e. The second-order valence-corrected chi connectivity index (χ2v) is 7.68. The normalized spacial score (nSPS) is 22.2. The fourth-order valence-corrected chi connectivity index (χ4v) is 3.42. The summed E-state index contributed by atoms with van der Waals surface area (Å²) in [5.41, 5.74) is 1.10. The number of methoxy groups -OCH3 is 1. The monoisotopic (exact) mass is 394 g/mol. The summed E-state index contributed by atoms with van der Waals surface area (Å²) in [6.07, 6.45) is 14.9. The van der Waals surface area contributed by atoms with Gasteiger partial charge in [-0.05, 0) is 51.5 Å². The van der Waals surface area contributed by atoms with Crippen LogP contribution in [0.3, 0.4) is 0 Å². The molecule has 5 nitrogen and oxygen atoms in total. The quantitative estimate of drug-likeness (QED) is 0.413. The van der Waals surface area contributed by atoms with Crippen molar-refractivity contribution in [3.63, 3.8) is 0 Å². The van der Waals surface area contributed by atoms with E-state index in [1.807, 2.05) is 44.2 Å². The van der Waals surface area contributed by atoms with Crippen LogP contribution in [0.2, 0.25) is 0 Å². The van der Waals surface area contributed by atoms with E-state index in [0.717, 1.165) is 5.57 Å². The van der Waals surface area contributed by atoms with Crippen LogP contribution in [0.4, 0.5) is 0 Å². The average molecular weight is 394 g/mol. The number of carbonyl (C=O) groups excluding carboxylic acids is 1. The number of allylic oxidation sites excluding steroid dienone is 6. The number of phenols is 2. The van der Waals surface area contributed by atoms with Gasteiger partial charge in [-0.25, -0.2) is 0 Å². The Morgan fingerprint density at radius 2 is 2.07 bits per heavy atom. The summed E-state index contributed by atoms with van der Waals surface area (Å²) in [7, 11) is 1.39. The molecule has 1 aromatic rings. The summed E-state index contributed by atoms with van der Waals surface area (Å²) in [6.45, 7) is 5.90. The van der Waals surface area contributed by atoms with E-state index < -0.39 is 5.78 Å². The lowest BCUT2D eigenvalue weighted by atomic mass is 9.82. The number of fused-ring (bicyclic) bond motifs is 1. The average Bonchev–Trinajstić information content (AvgIpc) is 3.01. The molecule has 0 saturated carbocycles. The molecule has 0 radical (unpaired) electrons. The molecule has 0 amide bonds. The van der Waals surface area contributed by atoms with Gasteiger partial charge < -0.3 is 19.7 Å². The lowest BCUT2D eigenvalue weighted by molar-refractivity contribution is 0.103. The van der Waals surface area contributed by atoms with Gasteiger partial charge >= 0.3 is 0 Å². The van der Waals surface area contributed by atoms with E-state index in [2.05, 4.69) is 13.0 Å². The second-order valence-electron chi connectivity index (χ2n) is 7.68. The van der Waals surface area contributed by atoms with Crippen molar-refractivity contribution in [1.82, 2.24) is 0 Å². The van der Waals surface area contributed by atoms with E-state index in [1.54, 1.807) is 6.08 Å². The number of benzene rings is 1. The summed E-state index contributed by atoms with van der Waals surface area (Å²) < 4.78 is 11.1. The third kappa shape index (κ3) is 4.14. The Balaban J connectivity index is 1.91. The Hall–Kier alpha value is -3.21. The van der Waals surface area contributed by atoms with E-state index in [9.17, 15) is 15.0 Å². The zero-order valence-corrected chi connectivity index (χ0v) is 17.1. The number of phenolic OH excluding ortho intramolecular Hbond substituents is 2. The minimum absolute atomic E-state index is 0.0146. The molecule has 0 spiro atoms. The molecule has 5 heteroatoms. The van der Waals surface area contributed by atoms with Gasteiger partial charge in [0.05, 0.1) is 7.11 Å². The Morgan fingerprint density at radius 1 is 1.31 bits per heavy atom. The molecule has 0 bridgehead atoms. The Bertz CT molecular complexity index is 973. The third-order valence-corrected chi connectivity index (χ3v) is 5.11. The molecular formula is C24H26O5. The van der Waals surface area contributed by atoms with Gasteiger partial charge in [0.2, 0.25) is 0 Å². The van der Waals surface area contributed by atoms with Crippen LogP contribution in [-0.2, 0) is 11.2 Å². The predicted octanol–water partition coefficient (Wildman–Crippen LogP) is 4.77. The first-order valence-corrected chi connectivity index (χ1v) is 9.48. The highest BCUT2D eigenvalue weighted by Crippen LogP contribution is 2.41. The first kappa shape index (κ1) is 20.5. The Morgan fingerprint density at radius 3 is 2.72 bits per heavy atom. The molecule has 2 N–H and O–H groups in total. The Labute approximate surface area is 171 Å². The van der Waals surface area contributed by atoms with Crippen molar-refractivity contribution >= 4 is 5.78 Å². The maximum absolute atomic E-state index is 12.9. The SMILES string of the molecule is COc1cc(O)c(CC=C(C)C)c(O)c1C(=O)/C=C/C1=CC2(C)C=CC=CC2O1. The minimum Gasteiger partial charge on any atom is -0.507 e. The van der Waals surface area contributed by atoms with Gasteiger partial charge in [0, 0.05) is 17.0 Å². The van der Waals surface area contributed by atoms with Crippen molar-refractivity contribution in [3.8, 4) is 17.2 Å². The number of ether oxygens (including phenoxy) is 2. The van der Waals surface area contributed by atoms with Crippen LogP contribution >= 0.6 is 0 Å². The summed E-state index contributed by atoms with van der Waals surface area (Å²) in [4.78, 5) is 12.9. The van der Waals surface area contributed by atoms with Crippen LogP contribution in [0, 0.1) is 5.41 Å². The Kier molecular flexibility index (Phi) is 5.69. The minimum atomic E-state index is -0.437. The van der Waals surface area contributed by atoms with Gasteiger partial charge in [0.1, 0.15) is 34.7 Å². The van der Waals surface area contributed by atoms with Crippen LogP contribution in [0.5, 0.6) is 17.2 Å². The largest absolute Gasteiger partial charge is 0.507 e. The molecular weight excluding hydrogens is 368 g/mol. The van der Waals surface area contributed by atoms with E-state index >= 15 is 0 Å². The molecule has 2 unspecified atom stereocenters. The fraction of sp³-hybridized carbons (Fsp3) is 0.292. The maximum atomic E-state index is 12.9. The second kappa shape index (κ2) is 8.03. The summed E-state index contributed by atoms with van der Waals surface area (Å²) in [5, 5.41) is 20.9. The highest BCUT2D eigenvalue weighted by Gasteiger charge is 2.37. The fourth-order valence-electron chi connectivity index (χ4n) is 3.42. The lowest BCUT2D eigenvalue weighted by Gasteiger charge is -2.25. The molecule has 0 fully saturated rings. The summed E-state index contributed by atoms with van der Waals surface area (Å²) >= 11 is 0. The molecule has 0 saturated heterocycles. The topological polar surface area (TPSA) is 76.0 Å². The van der Waals surface area contributed by atoms with Gasteiger partial charge in [-0.1, -0.05) is 29.9 Å². The number of aromatic hydroxyl groups is 2. The van der Waals surface area contributed by atoms with E-state index in [0.29, 0.717) is 12.2 Å². The molecule has 1 aromatic carbocycles. The van der Waals surface area contributed by atoms with Crippen molar-refractivity contribution in [2.45, 2.75) is 33.3 Å². The van der Waals surface area contributed by atoms with Crippen LogP contribution in [0.1, 0.15) is 36.7 Å². The van der Waals surface area contributed by atoms with Crippen LogP contribution < -0.4 is 4.74 Å². The van der Waals surface area contributed by atoms with Gasteiger partial charge in [-0.2, -0.15) is 0 Å². The van der Waals surface area contributed by atoms with Crippen molar-refractivity contribution < 1.29 is 24.5 Å². The highest BCUT2D eigenvalue weighted by molar-refractivity contribution is 6.09. The molecule has 0 aromatic heterocycles. The molecule has 1 aliphatic carbocycles. The van der Waals surface area contributed by atoms with Crippen molar-refractivity contribution in [3.05, 3.63) is 77.1 Å². The predicted molar refractivity (Wildman–Crippen MR) is 112 cm³/mol. The molecule has 2 aliphatic rings. The van der Waals surface area contributed by atoms with Crippen LogP contribution in [0.15, 0.2) is 66.0 Å². The zero-order chi connectivity index (χ0) is 21.2. The molecule has 3 rings (SSSR count). The molecule has 152 valence electrons.